The van der Waals surface area contributed by atoms with E-state index in [1.54, 1.807) is 12.1 Å². The molecule has 0 amide bonds. The van der Waals surface area contributed by atoms with Gasteiger partial charge in [0.05, 0.1) is 12.2 Å². The van der Waals surface area contributed by atoms with Crippen LogP contribution >= 0.6 is 0 Å². The molecule has 0 fully saturated rings. The van der Waals surface area contributed by atoms with Gasteiger partial charge in [-0.1, -0.05) is 20.3 Å². The van der Waals surface area contributed by atoms with Crippen molar-refractivity contribution in [1.82, 2.24) is 0 Å². The lowest BCUT2D eigenvalue weighted by Crippen LogP contribution is -2.11. The van der Waals surface area contributed by atoms with E-state index in [9.17, 15) is 4.79 Å². The monoisotopic (exact) mass is 235 g/mol. The molecule has 0 aromatic heterocycles. The molecule has 0 aliphatic heterocycles. The maximum atomic E-state index is 11.7. The van der Waals surface area contributed by atoms with Crippen LogP contribution < -0.4 is 5.32 Å². The maximum Gasteiger partial charge on any atom is 0.338 e. The number of carbonyl (C=O) groups is 1. The Morgan fingerprint density at radius 3 is 2.47 bits per heavy atom. The molecule has 1 aromatic carbocycles. The van der Waals surface area contributed by atoms with Gasteiger partial charge in [-0.05, 0) is 37.1 Å². The van der Waals surface area contributed by atoms with E-state index in [2.05, 4.69) is 19.2 Å². The molecule has 1 atom stereocenters. The third-order valence-corrected chi connectivity index (χ3v) is 2.70. The largest absolute Gasteiger partial charge is 0.462 e. The summed E-state index contributed by atoms with van der Waals surface area (Å²) in [5, 5.41) is 3.18. The van der Waals surface area contributed by atoms with Gasteiger partial charge in [0.1, 0.15) is 0 Å². The van der Waals surface area contributed by atoms with Gasteiger partial charge in [0, 0.05) is 12.2 Å². The fraction of sp³-hybridized carbons (Fsp3) is 0.500. The molecule has 0 bridgehead atoms. The molecule has 0 radical (unpaired) electrons. The van der Waals surface area contributed by atoms with Crippen molar-refractivity contribution in [3.8, 4) is 0 Å². The molecule has 17 heavy (non-hydrogen) atoms. The summed E-state index contributed by atoms with van der Waals surface area (Å²) >= 11 is 0. The molecule has 0 spiro atoms. The van der Waals surface area contributed by atoms with Crippen LogP contribution in [0.15, 0.2) is 24.3 Å². The third-order valence-electron chi connectivity index (χ3n) is 2.70. The highest BCUT2D eigenvalue weighted by Crippen LogP contribution is 2.11. The summed E-state index contributed by atoms with van der Waals surface area (Å²) in [5.74, 6) is 0.174. The first-order valence-electron chi connectivity index (χ1n) is 6.18. The van der Waals surface area contributed by atoms with Crippen LogP contribution in [0.1, 0.15) is 37.6 Å². The summed E-state index contributed by atoms with van der Waals surface area (Å²) in [6, 6.07) is 7.36. The van der Waals surface area contributed by atoms with Gasteiger partial charge in [-0.3, -0.25) is 0 Å². The van der Waals surface area contributed by atoms with Crippen molar-refractivity contribution in [2.45, 2.75) is 27.2 Å². The van der Waals surface area contributed by atoms with Crippen LogP contribution in [-0.4, -0.2) is 19.1 Å². The molecule has 1 N–H and O–H groups in total. The summed E-state index contributed by atoms with van der Waals surface area (Å²) in [7, 11) is 0. The molecule has 0 aliphatic carbocycles. The molecular weight excluding hydrogens is 214 g/mol. The molecule has 94 valence electrons. The first-order valence-corrected chi connectivity index (χ1v) is 6.18. The Labute approximate surface area is 103 Å². The summed E-state index contributed by atoms with van der Waals surface area (Å²) in [6.45, 7) is 7.56. The highest BCUT2D eigenvalue weighted by Gasteiger charge is 2.08. The molecule has 0 saturated carbocycles. The van der Waals surface area contributed by atoms with E-state index in [-0.39, 0.29) is 5.97 Å². The molecule has 1 rings (SSSR count). The van der Waals surface area contributed by atoms with Gasteiger partial charge in [0.25, 0.3) is 0 Å². The van der Waals surface area contributed by atoms with E-state index in [0.717, 1.165) is 18.7 Å². The van der Waals surface area contributed by atoms with Crippen molar-refractivity contribution in [2.24, 2.45) is 5.92 Å². The van der Waals surface area contributed by atoms with Crippen molar-refractivity contribution in [3.63, 3.8) is 0 Å². The number of esters is 1. The predicted molar refractivity (Wildman–Crippen MR) is 70.3 cm³/mol. The van der Waals surface area contributed by atoms with Crippen LogP contribution in [0.2, 0.25) is 0 Å². The Morgan fingerprint density at radius 2 is 1.94 bits per heavy atom. The fourth-order valence-electron chi connectivity index (χ4n) is 1.35. The van der Waals surface area contributed by atoms with Gasteiger partial charge in [0.2, 0.25) is 0 Å². The van der Waals surface area contributed by atoms with Gasteiger partial charge >= 0.3 is 5.97 Å². The second-order valence-corrected chi connectivity index (χ2v) is 4.22. The molecule has 3 heteroatoms. The lowest BCUT2D eigenvalue weighted by atomic mass is 10.1. The van der Waals surface area contributed by atoms with E-state index in [0.29, 0.717) is 18.1 Å². The zero-order valence-electron chi connectivity index (χ0n) is 10.8. The molecule has 0 aliphatic rings. The average molecular weight is 235 g/mol. The fourth-order valence-corrected chi connectivity index (χ4v) is 1.35. The van der Waals surface area contributed by atoms with E-state index in [1.807, 2.05) is 19.1 Å². The van der Waals surface area contributed by atoms with Gasteiger partial charge < -0.3 is 10.1 Å². The molecule has 0 saturated heterocycles. The van der Waals surface area contributed by atoms with Crippen LogP contribution in [0.25, 0.3) is 0 Å². The van der Waals surface area contributed by atoms with E-state index < -0.39 is 0 Å². The maximum absolute atomic E-state index is 11.7. The smallest absolute Gasteiger partial charge is 0.338 e. The van der Waals surface area contributed by atoms with Crippen LogP contribution in [-0.2, 0) is 4.74 Å². The van der Waals surface area contributed by atoms with E-state index >= 15 is 0 Å². The number of hydrogen-bond acceptors (Lipinski definition) is 3. The average Bonchev–Trinajstić information content (AvgIpc) is 2.36. The summed E-state index contributed by atoms with van der Waals surface area (Å²) in [6.07, 6.45) is 1.02. The number of benzene rings is 1. The second-order valence-electron chi connectivity index (χ2n) is 4.22. The predicted octanol–water partition coefficient (Wildman–Crippen LogP) is 3.32. The first kappa shape index (κ1) is 13.6. The lowest BCUT2D eigenvalue weighted by molar-refractivity contribution is 0.0447. The van der Waals surface area contributed by atoms with Crippen molar-refractivity contribution < 1.29 is 9.53 Å². The minimum Gasteiger partial charge on any atom is -0.462 e. The minimum atomic E-state index is -0.242. The Balaban J connectivity index is 2.51. The first-order chi connectivity index (χ1) is 8.17. The lowest BCUT2D eigenvalue weighted by Gasteiger charge is -2.10. The molecule has 0 heterocycles. The minimum absolute atomic E-state index is 0.242. The molecule has 1 unspecified atom stereocenters. The SMILES string of the molecule is CCNc1ccc(C(=O)OCC(C)CC)cc1. The van der Waals surface area contributed by atoms with E-state index in [4.69, 9.17) is 4.74 Å². The van der Waals surface area contributed by atoms with Crippen molar-refractivity contribution in [2.75, 3.05) is 18.5 Å². The van der Waals surface area contributed by atoms with Crippen LogP contribution in [0.5, 0.6) is 0 Å². The summed E-state index contributed by atoms with van der Waals surface area (Å²) in [4.78, 5) is 11.7. The number of hydrogen-bond donors (Lipinski definition) is 1. The quantitative estimate of drug-likeness (QED) is 0.769. The van der Waals surface area contributed by atoms with E-state index in [1.165, 1.54) is 0 Å². The number of rotatable bonds is 6. The third kappa shape index (κ3) is 4.47. The number of carbonyl (C=O) groups excluding carboxylic acids is 1. The normalized spacial score (nSPS) is 11.9. The Morgan fingerprint density at radius 1 is 1.29 bits per heavy atom. The highest BCUT2D eigenvalue weighted by molar-refractivity contribution is 5.89. The molecule has 1 aromatic rings. The van der Waals surface area contributed by atoms with Crippen LogP contribution in [0.4, 0.5) is 5.69 Å². The second kappa shape index (κ2) is 6.94. The van der Waals surface area contributed by atoms with Crippen molar-refractivity contribution >= 4 is 11.7 Å². The van der Waals surface area contributed by atoms with Gasteiger partial charge in [0.15, 0.2) is 0 Å². The standard InChI is InChI=1S/C14H21NO2/c1-4-11(3)10-17-14(16)12-6-8-13(9-7-12)15-5-2/h6-9,11,15H,4-5,10H2,1-3H3. The van der Waals surface area contributed by atoms with Gasteiger partial charge in [-0.2, -0.15) is 0 Å². The topological polar surface area (TPSA) is 38.3 Å². The van der Waals surface area contributed by atoms with Crippen molar-refractivity contribution in [3.05, 3.63) is 29.8 Å². The molecular formula is C14H21NO2. The molecule has 3 nitrogen and oxygen atoms in total. The summed E-state index contributed by atoms with van der Waals surface area (Å²) < 4.78 is 5.22. The zero-order chi connectivity index (χ0) is 12.7. The number of nitrogens with one attached hydrogen (secondary N) is 1. The van der Waals surface area contributed by atoms with Crippen LogP contribution in [0.3, 0.4) is 0 Å². The Kier molecular flexibility index (Phi) is 5.53. The number of anilines is 1. The number of ether oxygens (including phenoxy) is 1. The van der Waals surface area contributed by atoms with Crippen LogP contribution in [0, 0.1) is 5.92 Å². The van der Waals surface area contributed by atoms with Gasteiger partial charge in [-0.25, -0.2) is 4.79 Å². The summed E-state index contributed by atoms with van der Waals surface area (Å²) in [5.41, 5.74) is 1.63. The Bertz CT molecular complexity index is 346. The zero-order valence-corrected chi connectivity index (χ0v) is 10.8. The van der Waals surface area contributed by atoms with Gasteiger partial charge in [-0.15, -0.1) is 0 Å². The van der Waals surface area contributed by atoms with Crippen molar-refractivity contribution in [1.29, 1.82) is 0 Å². The Hall–Kier alpha value is -1.51. The highest BCUT2D eigenvalue weighted by atomic mass is 16.5.